The number of hydrogen-bond acceptors (Lipinski definition) is 4. The maximum Gasteiger partial charge on any atom is 0.510 e. The summed E-state index contributed by atoms with van der Waals surface area (Å²) in [7, 11) is -2.70. The average Bonchev–Trinajstić information content (AvgIpc) is 2.39. The van der Waals surface area contributed by atoms with Gasteiger partial charge in [0.15, 0.2) is 0 Å². The highest BCUT2D eigenvalue weighted by Gasteiger charge is 2.48. The number of rotatable bonds is 8. The summed E-state index contributed by atoms with van der Waals surface area (Å²) in [6, 6.07) is 5.87. The number of nitrogens with zero attached hydrogens (tertiary/aromatic N) is 1. The van der Waals surface area contributed by atoms with Crippen LogP contribution in [0.1, 0.15) is 38.9 Å². The van der Waals surface area contributed by atoms with E-state index in [-0.39, 0.29) is 5.54 Å². The SMILES string of the molecule is CCO[Si](OCC)(OCC)C(C)c1ccccn1. The van der Waals surface area contributed by atoms with Crippen LogP contribution in [0.4, 0.5) is 0 Å². The highest BCUT2D eigenvalue weighted by atomic mass is 28.4. The number of hydrogen-bond donors (Lipinski definition) is 0. The van der Waals surface area contributed by atoms with Gasteiger partial charge in [-0.1, -0.05) is 13.0 Å². The lowest BCUT2D eigenvalue weighted by Crippen LogP contribution is -2.51. The van der Waals surface area contributed by atoms with E-state index in [1.54, 1.807) is 6.20 Å². The van der Waals surface area contributed by atoms with Crippen molar-refractivity contribution in [2.24, 2.45) is 0 Å². The van der Waals surface area contributed by atoms with Crippen molar-refractivity contribution in [3.8, 4) is 0 Å². The third kappa shape index (κ3) is 3.62. The Balaban J connectivity index is 2.99. The Morgan fingerprint density at radius 2 is 1.61 bits per heavy atom. The van der Waals surface area contributed by atoms with Crippen molar-refractivity contribution in [2.45, 2.75) is 33.2 Å². The zero-order chi connectivity index (χ0) is 13.4. The van der Waals surface area contributed by atoms with Crippen LogP contribution in [0, 0.1) is 0 Å². The summed E-state index contributed by atoms with van der Waals surface area (Å²) in [4.78, 5) is 4.39. The molecule has 1 aromatic rings. The monoisotopic (exact) mass is 269 g/mol. The fourth-order valence-corrected chi connectivity index (χ4v) is 4.66. The Labute approximate surface area is 111 Å². The molecule has 0 bridgehead atoms. The lowest BCUT2D eigenvalue weighted by Gasteiger charge is -2.33. The van der Waals surface area contributed by atoms with Gasteiger partial charge in [0, 0.05) is 31.7 Å². The summed E-state index contributed by atoms with van der Waals surface area (Å²) in [5.41, 5.74) is 0.998. The van der Waals surface area contributed by atoms with Crippen molar-refractivity contribution < 1.29 is 13.3 Å². The van der Waals surface area contributed by atoms with E-state index in [4.69, 9.17) is 13.3 Å². The van der Waals surface area contributed by atoms with Gasteiger partial charge in [-0.3, -0.25) is 4.98 Å². The standard InChI is InChI=1S/C13H23NO3Si/c1-5-15-18(16-6-2,17-7-3)12(4)13-10-8-9-11-14-13/h8-12H,5-7H2,1-4H3. The summed E-state index contributed by atoms with van der Waals surface area (Å²) in [5.74, 6) is 0. The van der Waals surface area contributed by atoms with Gasteiger partial charge in [-0.15, -0.1) is 0 Å². The quantitative estimate of drug-likeness (QED) is 0.680. The summed E-state index contributed by atoms with van der Waals surface area (Å²) < 4.78 is 17.6. The topological polar surface area (TPSA) is 40.6 Å². The molecule has 0 aliphatic rings. The molecule has 0 radical (unpaired) electrons. The molecule has 1 atom stereocenters. The van der Waals surface area contributed by atoms with Gasteiger partial charge in [0.05, 0.1) is 5.54 Å². The van der Waals surface area contributed by atoms with Crippen molar-refractivity contribution >= 4 is 8.80 Å². The first-order valence-electron chi connectivity index (χ1n) is 6.52. The molecule has 0 aliphatic carbocycles. The molecule has 5 heteroatoms. The van der Waals surface area contributed by atoms with E-state index in [0.717, 1.165) is 5.69 Å². The van der Waals surface area contributed by atoms with Gasteiger partial charge in [-0.25, -0.2) is 0 Å². The molecule has 102 valence electrons. The van der Waals surface area contributed by atoms with E-state index < -0.39 is 8.80 Å². The fraction of sp³-hybridized carbons (Fsp3) is 0.615. The Hall–Kier alpha value is -0.753. The Kier molecular flexibility index (Phi) is 6.49. The van der Waals surface area contributed by atoms with Crippen molar-refractivity contribution in [3.63, 3.8) is 0 Å². The van der Waals surface area contributed by atoms with E-state index in [2.05, 4.69) is 11.9 Å². The first-order chi connectivity index (χ1) is 8.70. The molecule has 0 spiro atoms. The van der Waals surface area contributed by atoms with Crippen molar-refractivity contribution in [3.05, 3.63) is 30.1 Å². The van der Waals surface area contributed by atoms with E-state index in [1.165, 1.54) is 0 Å². The van der Waals surface area contributed by atoms with Crippen LogP contribution in [0.25, 0.3) is 0 Å². The second kappa shape index (κ2) is 7.63. The van der Waals surface area contributed by atoms with E-state index in [1.807, 2.05) is 39.0 Å². The average molecular weight is 269 g/mol. The molecule has 0 N–H and O–H groups in total. The predicted molar refractivity (Wildman–Crippen MR) is 73.3 cm³/mol. The van der Waals surface area contributed by atoms with E-state index >= 15 is 0 Å². The third-order valence-electron chi connectivity index (χ3n) is 2.70. The Morgan fingerprint density at radius 1 is 1.06 bits per heavy atom. The zero-order valence-corrected chi connectivity index (χ0v) is 12.7. The maximum atomic E-state index is 5.88. The molecule has 0 aromatic carbocycles. The van der Waals surface area contributed by atoms with Crippen LogP contribution in [-0.4, -0.2) is 33.6 Å². The third-order valence-corrected chi connectivity index (χ3v) is 6.13. The van der Waals surface area contributed by atoms with Gasteiger partial charge < -0.3 is 13.3 Å². The van der Waals surface area contributed by atoms with Crippen LogP contribution in [0.15, 0.2) is 24.4 Å². The second-order valence-corrected chi connectivity index (χ2v) is 6.82. The molecule has 1 aromatic heterocycles. The van der Waals surface area contributed by atoms with Gasteiger partial charge in [0.25, 0.3) is 0 Å². The molecule has 0 saturated carbocycles. The van der Waals surface area contributed by atoms with Gasteiger partial charge in [-0.05, 0) is 32.9 Å². The lowest BCUT2D eigenvalue weighted by atomic mass is 10.3. The number of aromatic nitrogens is 1. The van der Waals surface area contributed by atoms with Crippen LogP contribution >= 0.6 is 0 Å². The van der Waals surface area contributed by atoms with Crippen LogP contribution < -0.4 is 0 Å². The summed E-state index contributed by atoms with van der Waals surface area (Å²) in [6.07, 6.45) is 1.79. The second-order valence-electron chi connectivity index (χ2n) is 3.88. The van der Waals surface area contributed by atoms with Crippen LogP contribution in [-0.2, 0) is 13.3 Å². The van der Waals surface area contributed by atoms with Crippen molar-refractivity contribution in [1.82, 2.24) is 4.98 Å². The molecule has 0 fully saturated rings. The van der Waals surface area contributed by atoms with Crippen molar-refractivity contribution in [1.29, 1.82) is 0 Å². The molecule has 4 nitrogen and oxygen atoms in total. The summed E-state index contributed by atoms with van der Waals surface area (Å²) in [6.45, 7) is 9.71. The Bertz CT molecular complexity index is 317. The van der Waals surface area contributed by atoms with E-state index in [0.29, 0.717) is 19.8 Å². The summed E-state index contributed by atoms with van der Waals surface area (Å²) in [5, 5.41) is 0. The largest absolute Gasteiger partial charge is 0.510 e. The molecule has 0 amide bonds. The normalized spacial score (nSPS) is 13.6. The maximum absolute atomic E-state index is 5.88. The minimum Gasteiger partial charge on any atom is -0.373 e. The van der Waals surface area contributed by atoms with Gasteiger partial charge >= 0.3 is 8.80 Å². The summed E-state index contributed by atoms with van der Waals surface area (Å²) >= 11 is 0. The fourth-order valence-electron chi connectivity index (χ4n) is 1.92. The molecule has 1 rings (SSSR count). The van der Waals surface area contributed by atoms with Crippen LogP contribution in [0.5, 0.6) is 0 Å². The van der Waals surface area contributed by atoms with Gasteiger partial charge in [-0.2, -0.15) is 0 Å². The van der Waals surface area contributed by atoms with Gasteiger partial charge in [0.1, 0.15) is 0 Å². The zero-order valence-electron chi connectivity index (χ0n) is 11.7. The van der Waals surface area contributed by atoms with Gasteiger partial charge in [0.2, 0.25) is 0 Å². The molecule has 18 heavy (non-hydrogen) atoms. The predicted octanol–water partition coefficient (Wildman–Crippen LogP) is 2.77. The molecule has 0 saturated heterocycles. The minimum absolute atomic E-state index is 0.0403. The first-order valence-corrected chi connectivity index (χ1v) is 8.33. The molecular formula is C13H23NO3Si. The highest BCUT2D eigenvalue weighted by Crippen LogP contribution is 2.28. The van der Waals surface area contributed by atoms with Crippen molar-refractivity contribution in [2.75, 3.05) is 19.8 Å². The smallest absolute Gasteiger partial charge is 0.373 e. The molecule has 1 unspecified atom stereocenters. The highest BCUT2D eigenvalue weighted by molar-refractivity contribution is 6.62. The van der Waals surface area contributed by atoms with Crippen LogP contribution in [0.3, 0.4) is 0 Å². The molecule has 0 aliphatic heterocycles. The molecule has 1 heterocycles. The lowest BCUT2D eigenvalue weighted by molar-refractivity contribution is 0.0630. The van der Waals surface area contributed by atoms with E-state index in [9.17, 15) is 0 Å². The number of pyridine rings is 1. The Morgan fingerprint density at radius 3 is 2.00 bits per heavy atom. The molecular weight excluding hydrogens is 246 g/mol. The minimum atomic E-state index is -2.70. The van der Waals surface area contributed by atoms with Crippen LogP contribution in [0.2, 0.25) is 0 Å². The first kappa shape index (κ1) is 15.3.